The molecule has 0 bridgehead atoms. The molecule has 8 heteroatoms. The van der Waals surface area contributed by atoms with Crippen molar-refractivity contribution in [3.8, 4) is 6.01 Å². The van der Waals surface area contributed by atoms with Crippen molar-refractivity contribution in [2.75, 3.05) is 36.5 Å². The van der Waals surface area contributed by atoms with Gasteiger partial charge in [0, 0.05) is 25.7 Å². The number of rotatable bonds is 4. The van der Waals surface area contributed by atoms with Crippen molar-refractivity contribution in [2.24, 2.45) is 5.84 Å². The predicted octanol–water partition coefficient (Wildman–Crippen LogP) is 0.229. The smallest absolute Gasteiger partial charge is 0.323 e. The molecule has 1 atom stereocenters. The van der Waals surface area contributed by atoms with Crippen LogP contribution in [0.25, 0.3) is 0 Å². The number of anilines is 2. The lowest BCUT2D eigenvalue weighted by molar-refractivity contribution is 0.218. The van der Waals surface area contributed by atoms with Crippen LogP contribution in [0.2, 0.25) is 0 Å². The number of nitrogen functional groups attached to an aromatic ring is 1. The highest BCUT2D eigenvalue weighted by molar-refractivity contribution is 5.38. The fraction of sp³-hybridized carbons (Fsp3) is 0.769. The molecule has 1 aromatic heterocycles. The van der Waals surface area contributed by atoms with Gasteiger partial charge in [0.25, 0.3) is 0 Å². The minimum absolute atomic E-state index is 0.0116. The Morgan fingerprint density at radius 3 is 2.86 bits per heavy atom. The number of nitrogens with two attached hydrogens (primary N) is 1. The van der Waals surface area contributed by atoms with Gasteiger partial charge in [0.2, 0.25) is 11.9 Å². The monoisotopic (exact) mass is 293 g/mol. The van der Waals surface area contributed by atoms with E-state index in [1.54, 1.807) is 0 Å². The van der Waals surface area contributed by atoms with Crippen LogP contribution in [0.1, 0.15) is 26.7 Å². The van der Waals surface area contributed by atoms with Gasteiger partial charge in [-0.15, -0.1) is 0 Å². The fourth-order valence-electron chi connectivity index (χ4n) is 2.99. The number of hydrazine groups is 1. The highest BCUT2D eigenvalue weighted by Gasteiger charge is 2.31. The van der Waals surface area contributed by atoms with Crippen LogP contribution in [-0.2, 0) is 0 Å². The molecule has 1 aromatic rings. The molecule has 3 rings (SSSR count). The van der Waals surface area contributed by atoms with Crippen LogP contribution in [0.5, 0.6) is 6.01 Å². The van der Waals surface area contributed by atoms with E-state index in [4.69, 9.17) is 10.6 Å². The van der Waals surface area contributed by atoms with Crippen molar-refractivity contribution in [3.05, 3.63) is 0 Å². The van der Waals surface area contributed by atoms with E-state index in [-0.39, 0.29) is 6.10 Å². The molecule has 0 aromatic carbocycles. The molecule has 3 N–H and O–H groups in total. The third-order valence-corrected chi connectivity index (χ3v) is 3.94. The van der Waals surface area contributed by atoms with Crippen LogP contribution >= 0.6 is 0 Å². The molecule has 0 amide bonds. The summed E-state index contributed by atoms with van der Waals surface area (Å²) in [5.41, 5.74) is 2.49. The average molecular weight is 293 g/mol. The van der Waals surface area contributed by atoms with Crippen molar-refractivity contribution in [1.29, 1.82) is 0 Å². The predicted molar refractivity (Wildman–Crippen MR) is 80.2 cm³/mol. The number of piperazine rings is 1. The number of nitrogens with one attached hydrogen (secondary N) is 1. The first-order chi connectivity index (χ1) is 10.2. The second-order valence-electron chi connectivity index (χ2n) is 5.83. The minimum atomic E-state index is 0.0116. The largest absolute Gasteiger partial charge is 0.461 e. The Kier molecular flexibility index (Phi) is 4.07. The molecule has 0 spiro atoms. The number of hydrogen-bond donors (Lipinski definition) is 2. The van der Waals surface area contributed by atoms with Gasteiger partial charge in [-0.2, -0.15) is 15.0 Å². The van der Waals surface area contributed by atoms with E-state index in [1.165, 1.54) is 19.4 Å². The van der Waals surface area contributed by atoms with E-state index in [0.29, 0.717) is 23.9 Å². The van der Waals surface area contributed by atoms with E-state index < -0.39 is 0 Å². The molecule has 116 valence electrons. The summed E-state index contributed by atoms with van der Waals surface area (Å²) in [6.07, 6.45) is 2.55. The first-order valence-electron chi connectivity index (χ1n) is 7.54. The molecule has 21 heavy (non-hydrogen) atoms. The lowest BCUT2D eigenvalue weighted by Crippen LogP contribution is -2.50. The van der Waals surface area contributed by atoms with Crippen LogP contribution in [-0.4, -0.2) is 58.2 Å². The zero-order valence-electron chi connectivity index (χ0n) is 12.6. The summed E-state index contributed by atoms with van der Waals surface area (Å²) < 4.78 is 5.58. The molecule has 0 aliphatic carbocycles. The average Bonchev–Trinajstić information content (AvgIpc) is 2.93. The van der Waals surface area contributed by atoms with Crippen LogP contribution in [0, 0.1) is 0 Å². The van der Waals surface area contributed by atoms with Gasteiger partial charge in [-0.3, -0.25) is 10.3 Å². The molecule has 3 heterocycles. The zero-order chi connectivity index (χ0) is 14.8. The third kappa shape index (κ3) is 3.16. The van der Waals surface area contributed by atoms with Crippen LogP contribution in [0.3, 0.4) is 0 Å². The summed E-state index contributed by atoms with van der Waals surface area (Å²) in [6.45, 7) is 8.03. The molecule has 0 radical (unpaired) electrons. The van der Waals surface area contributed by atoms with E-state index in [0.717, 1.165) is 19.6 Å². The first-order valence-corrected chi connectivity index (χ1v) is 7.54. The quantitative estimate of drug-likeness (QED) is 0.602. The van der Waals surface area contributed by atoms with Gasteiger partial charge >= 0.3 is 6.01 Å². The topological polar surface area (TPSA) is 92.4 Å². The number of hydrogen-bond acceptors (Lipinski definition) is 8. The summed E-state index contributed by atoms with van der Waals surface area (Å²) >= 11 is 0. The SMILES string of the molecule is CC(C)Oc1nc(NN)nc(N2CCN3CCCC3C2)n1. The lowest BCUT2D eigenvalue weighted by Gasteiger charge is -2.37. The second kappa shape index (κ2) is 5.98. The Labute approximate surface area is 124 Å². The highest BCUT2D eigenvalue weighted by Crippen LogP contribution is 2.24. The summed E-state index contributed by atoms with van der Waals surface area (Å²) in [5, 5.41) is 0. The zero-order valence-corrected chi connectivity index (χ0v) is 12.6. The van der Waals surface area contributed by atoms with E-state index in [2.05, 4.69) is 30.2 Å². The van der Waals surface area contributed by atoms with Gasteiger partial charge in [0.05, 0.1) is 6.10 Å². The third-order valence-electron chi connectivity index (χ3n) is 3.94. The number of nitrogens with zero attached hydrogens (tertiary/aromatic N) is 5. The molecular weight excluding hydrogens is 270 g/mol. The number of fused-ring (bicyclic) bond motifs is 1. The minimum Gasteiger partial charge on any atom is -0.461 e. The van der Waals surface area contributed by atoms with E-state index in [1.807, 2.05) is 13.8 Å². The van der Waals surface area contributed by atoms with Crippen molar-refractivity contribution in [3.63, 3.8) is 0 Å². The fourth-order valence-corrected chi connectivity index (χ4v) is 2.99. The lowest BCUT2D eigenvalue weighted by atomic mass is 10.2. The maximum absolute atomic E-state index is 5.58. The molecule has 1 unspecified atom stereocenters. The van der Waals surface area contributed by atoms with Crippen LogP contribution in [0.15, 0.2) is 0 Å². The maximum atomic E-state index is 5.58. The number of aromatic nitrogens is 3. The number of ether oxygens (including phenoxy) is 1. The summed E-state index contributed by atoms with van der Waals surface area (Å²) in [7, 11) is 0. The van der Waals surface area contributed by atoms with E-state index >= 15 is 0 Å². The molecule has 2 aliphatic heterocycles. The molecule has 0 saturated carbocycles. The van der Waals surface area contributed by atoms with Crippen LogP contribution in [0.4, 0.5) is 11.9 Å². The van der Waals surface area contributed by atoms with Crippen molar-refractivity contribution in [1.82, 2.24) is 19.9 Å². The Balaban J connectivity index is 1.80. The van der Waals surface area contributed by atoms with Crippen LogP contribution < -0.4 is 20.9 Å². The van der Waals surface area contributed by atoms with E-state index in [9.17, 15) is 0 Å². The molecular formula is C13H23N7O. The Morgan fingerprint density at radius 2 is 2.10 bits per heavy atom. The van der Waals surface area contributed by atoms with Crippen molar-refractivity contribution >= 4 is 11.9 Å². The highest BCUT2D eigenvalue weighted by atomic mass is 16.5. The van der Waals surface area contributed by atoms with Gasteiger partial charge in [-0.1, -0.05) is 0 Å². The molecule has 8 nitrogen and oxygen atoms in total. The van der Waals surface area contributed by atoms with Gasteiger partial charge in [-0.25, -0.2) is 5.84 Å². The Bertz CT molecular complexity index is 495. The van der Waals surface area contributed by atoms with Gasteiger partial charge in [0.1, 0.15) is 0 Å². The van der Waals surface area contributed by atoms with Crippen molar-refractivity contribution in [2.45, 2.75) is 38.8 Å². The van der Waals surface area contributed by atoms with Gasteiger partial charge in [0.15, 0.2) is 0 Å². The second-order valence-corrected chi connectivity index (χ2v) is 5.83. The summed E-state index contributed by atoms with van der Waals surface area (Å²) in [6, 6.07) is 0.927. The molecule has 2 aliphatic rings. The van der Waals surface area contributed by atoms with Gasteiger partial charge in [-0.05, 0) is 33.2 Å². The van der Waals surface area contributed by atoms with Crippen molar-refractivity contribution < 1.29 is 4.74 Å². The Hall–Kier alpha value is -1.67. The normalized spacial score (nSPS) is 22.5. The molecule has 2 saturated heterocycles. The first kappa shape index (κ1) is 14.3. The van der Waals surface area contributed by atoms with Gasteiger partial charge < -0.3 is 9.64 Å². The standard InChI is InChI=1S/C13H23N7O/c1-9(2)21-13-16-11(18-14)15-12(17-13)20-7-6-19-5-3-4-10(19)8-20/h9-10H,3-8,14H2,1-2H3,(H,15,16,17,18). The summed E-state index contributed by atoms with van der Waals surface area (Å²) in [5.74, 6) is 6.42. The maximum Gasteiger partial charge on any atom is 0.323 e. The Morgan fingerprint density at radius 1 is 1.24 bits per heavy atom. The molecule has 2 fully saturated rings. The summed E-state index contributed by atoms with van der Waals surface area (Å²) in [4.78, 5) is 17.7.